The zero-order valence-electron chi connectivity index (χ0n) is 21.9. The van der Waals surface area contributed by atoms with Gasteiger partial charge in [-0.3, -0.25) is 9.59 Å². The first-order chi connectivity index (χ1) is 19.1. The number of amides is 2. The van der Waals surface area contributed by atoms with Crippen LogP contribution in [0.3, 0.4) is 0 Å². The van der Waals surface area contributed by atoms with Crippen LogP contribution in [0.4, 0.5) is 4.39 Å². The molecule has 3 aromatic carbocycles. The van der Waals surface area contributed by atoms with Crippen LogP contribution in [0, 0.1) is 12.7 Å². The molecular weight excluding hydrogens is 576 g/mol. The molecule has 1 saturated heterocycles. The maximum Gasteiger partial charge on any atom is 0.310 e. The molecule has 0 aromatic heterocycles. The van der Waals surface area contributed by atoms with E-state index in [0.717, 1.165) is 12.8 Å². The number of nitrogens with one attached hydrogen (secondary N) is 2. The summed E-state index contributed by atoms with van der Waals surface area (Å²) in [7, 11) is -3.74. The summed E-state index contributed by atoms with van der Waals surface area (Å²) in [6, 6.07) is 16.2. The summed E-state index contributed by atoms with van der Waals surface area (Å²) >= 11 is 12.3. The third-order valence-electron chi connectivity index (χ3n) is 6.97. The van der Waals surface area contributed by atoms with Gasteiger partial charge in [0.05, 0.1) is 10.9 Å². The lowest BCUT2D eigenvalue weighted by Gasteiger charge is -2.34. The Kier molecular flexibility index (Phi) is 9.84. The Labute approximate surface area is 243 Å². The summed E-state index contributed by atoms with van der Waals surface area (Å²) in [5.74, 6) is -2.14. The van der Waals surface area contributed by atoms with E-state index in [2.05, 4.69) is 10.6 Å². The van der Waals surface area contributed by atoms with Gasteiger partial charge in [0.1, 0.15) is 5.82 Å². The Bertz CT molecular complexity index is 1480. The number of benzene rings is 3. The number of hydrogen-bond donors (Lipinski definition) is 2. The second-order valence-electron chi connectivity index (χ2n) is 9.70. The van der Waals surface area contributed by atoms with Crippen LogP contribution in [-0.2, 0) is 19.6 Å². The normalized spacial score (nSPS) is 16.8. The molecule has 40 heavy (non-hydrogen) atoms. The molecule has 1 aliphatic heterocycles. The van der Waals surface area contributed by atoms with Crippen LogP contribution in [0.25, 0.3) is 0 Å². The van der Waals surface area contributed by atoms with Crippen molar-refractivity contribution >= 4 is 45.0 Å². The molecular formula is C29H30Cl2FN3O4S. The van der Waals surface area contributed by atoms with E-state index < -0.39 is 27.9 Å². The molecule has 2 atom stereocenters. The number of carbonyl (C=O) groups excluding carboxylic acids is 2. The first kappa shape index (κ1) is 30.0. The largest absolute Gasteiger partial charge is 0.348 e. The van der Waals surface area contributed by atoms with Crippen LogP contribution in [0.5, 0.6) is 0 Å². The molecule has 2 unspecified atom stereocenters. The van der Waals surface area contributed by atoms with Gasteiger partial charge in [0.25, 0.3) is 0 Å². The summed E-state index contributed by atoms with van der Waals surface area (Å²) in [6.07, 6.45) is 2.59. The zero-order chi connectivity index (χ0) is 28.9. The van der Waals surface area contributed by atoms with E-state index in [1.807, 2.05) is 0 Å². The summed E-state index contributed by atoms with van der Waals surface area (Å²) in [5.41, 5.74) is 1.51. The lowest BCUT2D eigenvalue weighted by Crippen LogP contribution is -2.46. The predicted molar refractivity (Wildman–Crippen MR) is 153 cm³/mol. The fourth-order valence-electron chi connectivity index (χ4n) is 4.85. The highest BCUT2D eigenvalue weighted by Gasteiger charge is 2.33. The number of aryl methyl sites for hydroxylation is 1. The average molecular weight is 607 g/mol. The molecule has 2 N–H and O–H groups in total. The number of rotatable bonds is 8. The van der Waals surface area contributed by atoms with Crippen molar-refractivity contribution in [1.82, 2.24) is 14.9 Å². The number of piperidine rings is 1. The minimum Gasteiger partial charge on any atom is -0.348 e. The van der Waals surface area contributed by atoms with Gasteiger partial charge in [0, 0.05) is 29.2 Å². The van der Waals surface area contributed by atoms with E-state index in [1.54, 1.807) is 37.3 Å². The molecule has 0 radical (unpaired) electrons. The maximum absolute atomic E-state index is 13.9. The highest BCUT2D eigenvalue weighted by Crippen LogP contribution is 2.30. The van der Waals surface area contributed by atoms with Gasteiger partial charge in [0.15, 0.2) is 0 Å². The number of carbonyl (C=O) groups is 2. The quantitative estimate of drug-likeness (QED) is 0.336. The van der Waals surface area contributed by atoms with E-state index in [1.165, 1.54) is 40.7 Å². The molecule has 0 saturated carbocycles. The predicted octanol–water partition coefficient (Wildman–Crippen LogP) is 5.40. The molecule has 3 aromatic rings. The van der Waals surface area contributed by atoms with Gasteiger partial charge < -0.3 is 10.6 Å². The number of halogens is 3. The second-order valence-corrected chi connectivity index (χ2v) is 12.4. The average Bonchev–Trinajstić information content (AvgIpc) is 2.94. The maximum atomic E-state index is 13.9. The fraction of sp³-hybridized carbons (Fsp3) is 0.310. The third-order valence-corrected chi connectivity index (χ3v) is 9.53. The fourth-order valence-corrected chi connectivity index (χ4v) is 6.94. The third kappa shape index (κ3) is 7.01. The van der Waals surface area contributed by atoms with Gasteiger partial charge in [-0.25, -0.2) is 12.8 Å². The molecule has 2 amide bonds. The Morgan fingerprint density at radius 3 is 2.45 bits per heavy atom. The van der Waals surface area contributed by atoms with Crippen LogP contribution in [0.1, 0.15) is 48.4 Å². The van der Waals surface area contributed by atoms with E-state index >= 15 is 0 Å². The van der Waals surface area contributed by atoms with Crippen LogP contribution in [-0.4, -0.2) is 43.7 Å². The highest BCUT2D eigenvalue weighted by atomic mass is 35.5. The van der Waals surface area contributed by atoms with Crippen LogP contribution >= 0.6 is 23.2 Å². The first-order valence-electron chi connectivity index (χ1n) is 12.9. The zero-order valence-corrected chi connectivity index (χ0v) is 24.2. The molecule has 212 valence electrons. The van der Waals surface area contributed by atoms with E-state index in [0.29, 0.717) is 46.1 Å². The van der Waals surface area contributed by atoms with Crippen molar-refractivity contribution in [3.05, 3.63) is 99.3 Å². The van der Waals surface area contributed by atoms with Crippen molar-refractivity contribution in [3.63, 3.8) is 0 Å². The second kappa shape index (κ2) is 13.1. The summed E-state index contributed by atoms with van der Waals surface area (Å²) in [6.45, 7) is 2.09. The molecule has 7 nitrogen and oxygen atoms in total. The van der Waals surface area contributed by atoms with Gasteiger partial charge in [-0.1, -0.05) is 60.0 Å². The molecule has 4 rings (SSSR count). The van der Waals surface area contributed by atoms with Crippen LogP contribution in [0.2, 0.25) is 10.0 Å². The summed E-state index contributed by atoms with van der Waals surface area (Å²) < 4.78 is 41.9. The van der Waals surface area contributed by atoms with Gasteiger partial charge in [-0.15, -0.1) is 0 Å². The number of sulfonamides is 1. The van der Waals surface area contributed by atoms with Gasteiger partial charge in [0.2, 0.25) is 10.0 Å². The molecule has 1 fully saturated rings. The molecule has 11 heteroatoms. The highest BCUT2D eigenvalue weighted by molar-refractivity contribution is 7.89. The molecule has 1 aliphatic rings. The van der Waals surface area contributed by atoms with E-state index in [4.69, 9.17) is 23.2 Å². The van der Waals surface area contributed by atoms with Gasteiger partial charge in [-0.05, 0) is 79.3 Å². The Morgan fingerprint density at radius 2 is 1.75 bits per heavy atom. The van der Waals surface area contributed by atoms with Crippen molar-refractivity contribution in [1.29, 1.82) is 0 Å². The van der Waals surface area contributed by atoms with Gasteiger partial charge >= 0.3 is 11.8 Å². The first-order valence-corrected chi connectivity index (χ1v) is 15.1. The van der Waals surface area contributed by atoms with E-state index in [9.17, 15) is 22.4 Å². The number of nitrogens with zero attached hydrogens (tertiary/aromatic N) is 1. The molecule has 0 bridgehead atoms. The van der Waals surface area contributed by atoms with Crippen molar-refractivity contribution in [3.8, 4) is 0 Å². The summed E-state index contributed by atoms with van der Waals surface area (Å²) in [4.78, 5) is 25.8. The minimum absolute atomic E-state index is 0.107. The smallest absolute Gasteiger partial charge is 0.310 e. The van der Waals surface area contributed by atoms with E-state index in [-0.39, 0.29) is 23.3 Å². The molecule has 1 heterocycles. The Hall–Kier alpha value is -2.98. The standard InChI is InChI=1S/C29H30Cl2FN3O4S/c1-19-18-20(9-14-26(19)32)27(24-7-2-3-8-25(24)31)34-29(37)28(36)33-16-15-22-6-4-5-17-35(22)40(38,39)23-12-10-21(30)11-13-23/h2-3,7-14,18,22,27H,4-6,15-17H2,1H3,(H,33,36)(H,34,37). The summed E-state index contributed by atoms with van der Waals surface area (Å²) in [5, 5.41) is 6.15. The molecule has 0 aliphatic carbocycles. The topological polar surface area (TPSA) is 95.6 Å². The number of hydrogen-bond acceptors (Lipinski definition) is 4. The lowest BCUT2D eigenvalue weighted by molar-refractivity contribution is -0.139. The van der Waals surface area contributed by atoms with Gasteiger partial charge in [-0.2, -0.15) is 4.31 Å². The van der Waals surface area contributed by atoms with Crippen molar-refractivity contribution in [2.75, 3.05) is 13.1 Å². The Balaban J connectivity index is 1.42. The van der Waals surface area contributed by atoms with Crippen LogP contribution < -0.4 is 10.6 Å². The Morgan fingerprint density at radius 1 is 1.02 bits per heavy atom. The minimum atomic E-state index is -3.74. The lowest BCUT2D eigenvalue weighted by atomic mass is 9.97. The van der Waals surface area contributed by atoms with Crippen molar-refractivity contribution in [2.24, 2.45) is 0 Å². The SMILES string of the molecule is Cc1cc(C(NC(=O)C(=O)NCCC2CCCCN2S(=O)(=O)c2ccc(Cl)cc2)c2ccccc2Cl)ccc1F. The van der Waals surface area contributed by atoms with Crippen molar-refractivity contribution < 1.29 is 22.4 Å². The van der Waals surface area contributed by atoms with Crippen LogP contribution in [0.15, 0.2) is 71.6 Å². The molecule has 0 spiro atoms. The van der Waals surface area contributed by atoms with Crippen molar-refractivity contribution in [2.45, 2.75) is 49.6 Å². The monoisotopic (exact) mass is 605 g/mol.